The monoisotopic (exact) mass is 254 g/mol. The van der Waals surface area contributed by atoms with Gasteiger partial charge in [-0.1, -0.05) is 18.2 Å². The van der Waals surface area contributed by atoms with E-state index in [2.05, 4.69) is 0 Å². The van der Waals surface area contributed by atoms with Crippen molar-refractivity contribution in [2.75, 3.05) is 0 Å². The van der Waals surface area contributed by atoms with Crippen LogP contribution in [0.5, 0.6) is 11.5 Å². The summed E-state index contributed by atoms with van der Waals surface area (Å²) in [6, 6.07) is 13.3. The van der Waals surface area contributed by atoms with Crippen LogP contribution in [0.4, 0.5) is 5.69 Å². The first-order chi connectivity index (χ1) is 9.11. The molecule has 5 nitrogen and oxygen atoms in total. The maximum Gasteiger partial charge on any atom is 0.290 e. The third-order valence-corrected chi connectivity index (χ3v) is 2.61. The van der Waals surface area contributed by atoms with Crippen molar-refractivity contribution in [2.45, 2.75) is 6.92 Å². The SMILES string of the molecule is Cc1ccccc1Oc1ccc(C#N)c([N+](=O)[O-])c1. The number of nitriles is 1. The maximum absolute atomic E-state index is 10.9. The van der Waals surface area contributed by atoms with E-state index < -0.39 is 4.92 Å². The van der Waals surface area contributed by atoms with Crippen molar-refractivity contribution >= 4 is 5.69 Å². The van der Waals surface area contributed by atoms with Gasteiger partial charge in [0, 0.05) is 0 Å². The summed E-state index contributed by atoms with van der Waals surface area (Å²) >= 11 is 0. The highest BCUT2D eigenvalue weighted by Gasteiger charge is 2.15. The number of rotatable bonds is 3. The minimum atomic E-state index is -0.594. The molecule has 0 bridgehead atoms. The molecule has 0 aromatic heterocycles. The van der Waals surface area contributed by atoms with Crippen LogP contribution in [0.3, 0.4) is 0 Å². The Labute approximate surface area is 109 Å². The van der Waals surface area contributed by atoms with Crippen LogP contribution < -0.4 is 4.74 Å². The summed E-state index contributed by atoms with van der Waals surface area (Å²) in [5.74, 6) is 0.960. The van der Waals surface area contributed by atoms with Crippen molar-refractivity contribution in [1.29, 1.82) is 5.26 Å². The molecule has 0 N–H and O–H groups in total. The lowest BCUT2D eigenvalue weighted by molar-refractivity contribution is -0.385. The summed E-state index contributed by atoms with van der Waals surface area (Å²) in [7, 11) is 0. The van der Waals surface area contributed by atoms with Crippen LogP contribution in [-0.4, -0.2) is 4.92 Å². The predicted octanol–water partition coefficient (Wildman–Crippen LogP) is 3.57. The molecule has 0 unspecified atom stereocenters. The van der Waals surface area contributed by atoms with Crippen molar-refractivity contribution in [3.8, 4) is 17.6 Å². The van der Waals surface area contributed by atoms with Gasteiger partial charge in [0.1, 0.15) is 23.1 Å². The molecule has 0 saturated heterocycles. The van der Waals surface area contributed by atoms with Crippen molar-refractivity contribution in [3.05, 3.63) is 63.7 Å². The Kier molecular flexibility index (Phi) is 3.44. The molecule has 0 aliphatic heterocycles. The zero-order valence-electron chi connectivity index (χ0n) is 10.2. The summed E-state index contributed by atoms with van der Waals surface area (Å²) in [5.41, 5.74) is 0.685. The van der Waals surface area contributed by atoms with Gasteiger partial charge >= 0.3 is 0 Å². The van der Waals surface area contributed by atoms with Gasteiger partial charge in [0.2, 0.25) is 0 Å². The van der Waals surface area contributed by atoms with E-state index >= 15 is 0 Å². The van der Waals surface area contributed by atoms with Gasteiger partial charge < -0.3 is 4.74 Å². The van der Waals surface area contributed by atoms with Gasteiger partial charge in [-0.15, -0.1) is 0 Å². The number of hydrogen-bond donors (Lipinski definition) is 0. The van der Waals surface area contributed by atoms with Crippen LogP contribution in [0.1, 0.15) is 11.1 Å². The summed E-state index contributed by atoms with van der Waals surface area (Å²) in [6.07, 6.45) is 0. The molecule has 0 saturated carbocycles. The van der Waals surface area contributed by atoms with Crippen LogP contribution in [0, 0.1) is 28.4 Å². The molecule has 94 valence electrons. The van der Waals surface area contributed by atoms with E-state index in [0.29, 0.717) is 11.5 Å². The third kappa shape index (κ3) is 2.69. The van der Waals surface area contributed by atoms with Crippen LogP contribution in [0.25, 0.3) is 0 Å². The van der Waals surface area contributed by atoms with Crippen molar-refractivity contribution in [1.82, 2.24) is 0 Å². The average molecular weight is 254 g/mol. The molecule has 19 heavy (non-hydrogen) atoms. The lowest BCUT2D eigenvalue weighted by atomic mass is 10.2. The van der Waals surface area contributed by atoms with E-state index in [1.54, 1.807) is 12.1 Å². The smallest absolute Gasteiger partial charge is 0.290 e. The van der Waals surface area contributed by atoms with Crippen molar-refractivity contribution < 1.29 is 9.66 Å². The zero-order chi connectivity index (χ0) is 13.8. The highest BCUT2D eigenvalue weighted by molar-refractivity contribution is 5.53. The summed E-state index contributed by atoms with van der Waals surface area (Å²) in [5, 5.41) is 19.6. The number of benzene rings is 2. The molecule has 2 aromatic carbocycles. The number of para-hydroxylation sites is 1. The van der Waals surface area contributed by atoms with Gasteiger partial charge in [-0.3, -0.25) is 10.1 Å². The van der Waals surface area contributed by atoms with Gasteiger partial charge in [-0.25, -0.2) is 0 Å². The molecule has 0 aliphatic carbocycles. The summed E-state index contributed by atoms with van der Waals surface area (Å²) in [6.45, 7) is 1.88. The number of aryl methyl sites for hydroxylation is 1. The van der Waals surface area contributed by atoms with E-state index in [9.17, 15) is 10.1 Å². The Bertz CT molecular complexity index is 675. The molecule has 2 rings (SSSR count). The first-order valence-corrected chi connectivity index (χ1v) is 5.54. The first-order valence-electron chi connectivity index (χ1n) is 5.54. The van der Waals surface area contributed by atoms with Gasteiger partial charge in [0.15, 0.2) is 0 Å². The molecular weight excluding hydrogens is 244 g/mol. The zero-order valence-corrected chi connectivity index (χ0v) is 10.2. The van der Waals surface area contributed by atoms with Crippen LogP contribution in [-0.2, 0) is 0 Å². The standard InChI is InChI=1S/C14H10N2O3/c1-10-4-2-3-5-14(10)19-12-7-6-11(9-15)13(8-12)16(17)18/h2-8H,1H3. The van der Waals surface area contributed by atoms with E-state index in [4.69, 9.17) is 10.00 Å². The second-order valence-corrected chi connectivity index (χ2v) is 3.92. The predicted molar refractivity (Wildman–Crippen MR) is 69.1 cm³/mol. The Morgan fingerprint density at radius 1 is 1.26 bits per heavy atom. The van der Waals surface area contributed by atoms with Crippen LogP contribution in [0.15, 0.2) is 42.5 Å². The minimum absolute atomic E-state index is 0.0159. The molecule has 5 heteroatoms. The van der Waals surface area contributed by atoms with Crippen molar-refractivity contribution in [3.63, 3.8) is 0 Å². The highest BCUT2D eigenvalue weighted by Crippen LogP contribution is 2.29. The second kappa shape index (κ2) is 5.19. The molecular formula is C14H10N2O3. The topological polar surface area (TPSA) is 76.2 Å². The molecule has 0 fully saturated rings. The Balaban J connectivity index is 2.38. The van der Waals surface area contributed by atoms with Crippen LogP contribution in [0.2, 0.25) is 0 Å². The first kappa shape index (κ1) is 12.6. The van der Waals surface area contributed by atoms with E-state index in [1.807, 2.05) is 25.1 Å². The molecule has 0 radical (unpaired) electrons. The van der Waals surface area contributed by atoms with Gasteiger partial charge in [0.25, 0.3) is 5.69 Å². The van der Waals surface area contributed by atoms with Gasteiger partial charge in [-0.2, -0.15) is 5.26 Å². The Hall–Kier alpha value is -2.87. The fraction of sp³-hybridized carbons (Fsp3) is 0.0714. The van der Waals surface area contributed by atoms with E-state index in [0.717, 1.165) is 5.56 Å². The molecule has 0 aliphatic rings. The fourth-order valence-electron chi connectivity index (χ4n) is 1.62. The normalized spacial score (nSPS) is 9.68. The largest absolute Gasteiger partial charge is 0.457 e. The number of hydrogen-bond acceptors (Lipinski definition) is 4. The average Bonchev–Trinajstić information content (AvgIpc) is 2.41. The molecule has 2 aromatic rings. The Morgan fingerprint density at radius 2 is 2.00 bits per heavy atom. The molecule has 0 amide bonds. The molecule has 0 atom stereocenters. The van der Waals surface area contributed by atoms with E-state index in [1.165, 1.54) is 18.2 Å². The highest BCUT2D eigenvalue weighted by atomic mass is 16.6. The van der Waals surface area contributed by atoms with Crippen molar-refractivity contribution in [2.24, 2.45) is 0 Å². The molecule has 0 heterocycles. The number of nitro benzene ring substituents is 1. The fourth-order valence-corrected chi connectivity index (χ4v) is 1.62. The lowest BCUT2D eigenvalue weighted by Gasteiger charge is -2.08. The van der Waals surface area contributed by atoms with E-state index in [-0.39, 0.29) is 11.3 Å². The van der Waals surface area contributed by atoms with Gasteiger partial charge in [0.05, 0.1) is 11.0 Å². The number of nitrogens with zero attached hydrogens (tertiary/aromatic N) is 2. The quantitative estimate of drug-likeness (QED) is 0.619. The summed E-state index contributed by atoms with van der Waals surface area (Å²) in [4.78, 5) is 10.3. The number of nitro groups is 1. The minimum Gasteiger partial charge on any atom is -0.457 e. The lowest BCUT2D eigenvalue weighted by Crippen LogP contribution is -1.94. The third-order valence-electron chi connectivity index (χ3n) is 2.61. The molecule has 0 spiro atoms. The van der Waals surface area contributed by atoms with Gasteiger partial charge in [-0.05, 0) is 30.7 Å². The summed E-state index contributed by atoms with van der Waals surface area (Å²) < 4.78 is 5.59. The number of ether oxygens (including phenoxy) is 1. The van der Waals surface area contributed by atoms with Crippen LogP contribution >= 0.6 is 0 Å². The maximum atomic E-state index is 10.9. The Morgan fingerprint density at radius 3 is 2.63 bits per heavy atom. The second-order valence-electron chi connectivity index (χ2n) is 3.92.